The Balaban J connectivity index is 1.88. The van der Waals surface area contributed by atoms with Gasteiger partial charge in [0.25, 0.3) is 7.41 Å². The van der Waals surface area contributed by atoms with E-state index in [1.54, 1.807) is 0 Å². The minimum atomic E-state index is 0.564. The third kappa shape index (κ3) is 2.83. The lowest BCUT2D eigenvalue weighted by Gasteiger charge is -2.14. The first kappa shape index (κ1) is 10.7. The minimum absolute atomic E-state index is 0.564. The summed E-state index contributed by atoms with van der Waals surface area (Å²) in [6.45, 7) is 6.14. The van der Waals surface area contributed by atoms with E-state index in [-0.39, 0.29) is 0 Å². The maximum Gasteiger partial charge on any atom is 0.252 e. The van der Waals surface area contributed by atoms with Crippen molar-refractivity contribution < 1.29 is 4.84 Å². The summed E-state index contributed by atoms with van der Waals surface area (Å²) < 4.78 is 0. The van der Waals surface area contributed by atoms with Crippen molar-refractivity contribution in [1.82, 2.24) is 4.97 Å². The molecule has 1 fully saturated rings. The summed E-state index contributed by atoms with van der Waals surface area (Å²) in [5, 5.41) is 0. The van der Waals surface area contributed by atoms with Gasteiger partial charge in [-0.25, -0.2) is 4.97 Å². The van der Waals surface area contributed by atoms with Crippen LogP contribution in [0.15, 0.2) is 30.3 Å². The molecule has 1 aromatic rings. The van der Waals surface area contributed by atoms with Crippen LogP contribution in [0.5, 0.6) is 0 Å². The molecule has 1 radical (unpaired) electrons. The van der Waals surface area contributed by atoms with Gasteiger partial charge in [-0.15, -0.1) is 0 Å². The molecule has 2 nitrogen and oxygen atoms in total. The summed E-state index contributed by atoms with van der Waals surface area (Å²) >= 11 is 0. The first-order valence-electron chi connectivity index (χ1n) is 5.54. The molecule has 0 aromatic heterocycles. The number of nitrogens with zero attached hydrogens (tertiary/aromatic N) is 1. The van der Waals surface area contributed by atoms with Crippen LogP contribution in [-0.4, -0.2) is 19.0 Å². The van der Waals surface area contributed by atoms with E-state index in [1.807, 2.05) is 11.0 Å². The van der Waals surface area contributed by atoms with E-state index in [4.69, 9.17) is 4.84 Å². The lowest BCUT2D eigenvalue weighted by atomic mass is 9.70. The maximum absolute atomic E-state index is 5.61. The van der Waals surface area contributed by atoms with Gasteiger partial charge in [0.15, 0.2) is 0 Å². The highest BCUT2D eigenvalue weighted by molar-refractivity contribution is 6.34. The van der Waals surface area contributed by atoms with Crippen LogP contribution in [0.3, 0.4) is 0 Å². The van der Waals surface area contributed by atoms with Gasteiger partial charge in [0.1, 0.15) is 0 Å². The van der Waals surface area contributed by atoms with Gasteiger partial charge >= 0.3 is 0 Å². The van der Waals surface area contributed by atoms with E-state index < -0.39 is 0 Å². The van der Waals surface area contributed by atoms with Gasteiger partial charge in [-0.2, -0.15) is 0 Å². The molecule has 1 aliphatic rings. The van der Waals surface area contributed by atoms with Crippen LogP contribution < -0.4 is 0 Å². The Bertz CT molecular complexity index is 302. The Morgan fingerprint density at radius 2 is 2.13 bits per heavy atom. The lowest BCUT2D eigenvalue weighted by Crippen LogP contribution is -2.22. The van der Waals surface area contributed by atoms with Crippen LogP contribution in [0, 0.1) is 5.92 Å². The highest BCUT2D eigenvalue weighted by Crippen LogP contribution is 2.25. The van der Waals surface area contributed by atoms with Gasteiger partial charge in [0, 0.05) is 6.54 Å². The summed E-state index contributed by atoms with van der Waals surface area (Å²) in [5.74, 6) is 1.22. The van der Waals surface area contributed by atoms with Gasteiger partial charge in [-0.05, 0) is 17.3 Å². The highest BCUT2D eigenvalue weighted by Gasteiger charge is 2.27. The van der Waals surface area contributed by atoms with Crippen molar-refractivity contribution in [2.24, 2.45) is 5.92 Å². The highest BCUT2D eigenvalue weighted by atomic mass is 16.7. The smallest absolute Gasteiger partial charge is 0.252 e. The van der Waals surface area contributed by atoms with Crippen LogP contribution >= 0.6 is 0 Å². The first-order chi connectivity index (χ1) is 7.25. The van der Waals surface area contributed by atoms with Crippen LogP contribution in [0.2, 0.25) is 5.82 Å². The molecule has 79 valence electrons. The third-order valence-corrected chi connectivity index (χ3v) is 2.83. The van der Waals surface area contributed by atoms with E-state index in [1.165, 1.54) is 5.56 Å². The number of benzene rings is 1. The van der Waals surface area contributed by atoms with E-state index >= 15 is 0 Å². The van der Waals surface area contributed by atoms with Crippen molar-refractivity contribution in [3.63, 3.8) is 0 Å². The lowest BCUT2D eigenvalue weighted by molar-refractivity contribution is -0.0712. The Kier molecular flexibility index (Phi) is 3.44. The normalized spacial score (nSPS) is 21.9. The molecular formula is C12H17BNO. The summed E-state index contributed by atoms with van der Waals surface area (Å²) in [5.41, 5.74) is 1.29. The Morgan fingerprint density at radius 1 is 1.40 bits per heavy atom. The third-order valence-electron chi connectivity index (χ3n) is 2.83. The predicted molar refractivity (Wildman–Crippen MR) is 62.3 cm³/mol. The Morgan fingerprint density at radius 3 is 2.73 bits per heavy atom. The van der Waals surface area contributed by atoms with Gasteiger partial charge in [-0.3, -0.25) is 0 Å². The quantitative estimate of drug-likeness (QED) is 0.698. The zero-order valence-corrected chi connectivity index (χ0v) is 9.39. The molecule has 0 saturated carbocycles. The second-order valence-electron chi connectivity index (χ2n) is 4.41. The van der Waals surface area contributed by atoms with Crippen LogP contribution in [0.25, 0.3) is 0 Å². The molecule has 1 aromatic carbocycles. The Hall–Kier alpha value is -0.795. The fraction of sp³-hybridized carbons (Fsp3) is 0.500. The second kappa shape index (κ2) is 4.82. The zero-order valence-electron chi connectivity index (χ0n) is 9.39. The summed E-state index contributed by atoms with van der Waals surface area (Å²) in [4.78, 5) is 7.57. The van der Waals surface area contributed by atoms with Crippen molar-refractivity contribution in [2.75, 3.05) is 6.61 Å². The Labute approximate surface area is 92.5 Å². The van der Waals surface area contributed by atoms with E-state index in [0.717, 1.165) is 13.2 Å². The molecule has 1 unspecified atom stereocenters. The molecule has 1 aliphatic heterocycles. The molecule has 3 heteroatoms. The molecular weight excluding hydrogens is 185 g/mol. The fourth-order valence-corrected chi connectivity index (χ4v) is 1.71. The number of rotatable bonds is 3. The molecule has 15 heavy (non-hydrogen) atoms. The van der Waals surface area contributed by atoms with Crippen molar-refractivity contribution >= 4 is 7.41 Å². The number of hydrogen-bond acceptors (Lipinski definition) is 2. The molecule has 0 amide bonds. The number of hydroxylamine groups is 1. The van der Waals surface area contributed by atoms with Gasteiger partial charge < -0.3 is 4.84 Å². The van der Waals surface area contributed by atoms with Crippen LogP contribution in [0.4, 0.5) is 0 Å². The standard InChI is InChI=1S/C12H17BNO/c1-10(2)12-9-15-14(13-12)8-11-6-4-3-5-7-11/h3-7,10,12H,8-9H2,1-2H3. The second-order valence-corrected chi connectivity index (χ2v) is 4.41. The van der Waals surface area contributed by atoms with Gasteiger partial charge in [0.2, 0.25) is 0 Å². The molecule has 2 rings (SSSR count). The SMILES string of the molecule is CC(C)C1[B]N(Cc2ccccc2)OC1. The van der Waals surface area contributed by atoms with E-state index in [9.17, 15) is 0 Å². The van der Waals surface area contributed by atoms with Gasteiger partial charge in [0.05, 0.1) is 6.61 Å². The molecule has 1 saturated heterocycles. The monoisotopic (exact) mass is 202 g/mol. The molecule has 0 aliphatic carbocycles. The zero-order chi connectivity index (χ0) is 10.7. The average molecular weight is 202 g/mol. The largest absolute Gasteiger partial charge is 0.311 e. The average Bonchev–Trinajstić information content (AvgIpc) is 2.68. The number of hydrogen-bond donors (Lipinski definition) is 0. The summed E-state index contributed by atoms with van der Waals surface area (Å²) in [7, 11) is 2.21. The summed E-state index contributed by atoms with van der Waals surface area (Å²) in [6.07, 6.45) is 0. The van der Waals surface area contributed by atoms with Crippen LogP contribution in [-0.2, 0) is 11.4 Å². The van der Waals surface area contributed by atoms with E-state index in [0.29, 0.717) is 11.7 Å². The summed E-state index contributed by atoms with van der Waals surface area (Å²) in [6, 6.07) is 10.4. The molecule has 0 spiro atoms. The van der Waals surface area contributed by atoms with E-state index in [2.05, 4.69) is 45.5 Å². The first-order valence-corrected chi connectivity index (χ1v) is 5.54. The minimum Gasteiger partial charge on any atom is -0.311 e. The molecule has 0 N–H and O–H groups in total. The fourth-order valence-electron chi connectivity index (χ4n) is 1.71. The maximum atomic E-state index is 5.61. The van der Waals surface area contributed by atoms with Crippen molar-refractivity contribution in [3.05, 3.63) is 35.9 Å². The van der Waals surface area contributed by atoms with Crippen molar-refractivity contribution in [3.8, 4) is 0 Å². The van der Waals surface area contributed by atoms with Crippen molar-refractivity contribution in [2.45, 2.75) is 26.2 Å². The molecule has 1 heterocycles. The van der Waals surface area contributed by atoms with Crippen molar-refractivity contribution in [1.29, 1.82) is 0 Å². The van der Waals surface area contributed by atoms with Gasteiger partial charge in [-0.1, -0.05) is 44.2 Å². The molecule has 0 bridgehead atoms. The predicted octanol–water partition coefficient (Wildman–Crippen LogP) is 2.50. The topological polar surface area (TPSA) is 12.5 Å². The molecule has 1 atom stereocenters. The van der Waals surface area contributed by atoms with Crippen LogP contribution in [0.1, 0.15) is 19.4 Å².